The lowest BCUT2D eigenvalue weighted by molar-refractivity contribution is 0.150. The van der Waals surface area contributed by atoms with Gasteiger partial charge in [0.1, 0.15) is 0 Å². The van der Waals surface area contributed by atoms with Crippen molar-refractivity contribution in [2.45, 2.75) is 13.0 Å². The predicted molar refractivity (Wildman–Crippen MR) is 63.2 cm³/mol. The zero-order valence-electron chi connectivity index (χ0n) is 10.7. The number of nitrogens with zero attached hydrogens (tertiary/aromatic N) is 3. The molecule has 0 atom stereocenters. The van der Waals surface area contributed by atoms with E-state index in [0.717, 1.165) is 4.90 Å². The first-order valence-corrected chi connectivity index (χ1v) is 5.83. The summed E-state index contributed by atoms with van der Waals surface area (Å²) < 4.78 is 34.8. The van der Waals surface area contributed by atoms with Crippen molar-refractivity contribution in [3.63, 3.8) is 0 Å². The maximum absolute atomic E-state index is 12.3. The predicted octanol–water partition coefficient (Wildman–Crippen LogP) is -0.131. The number of aliphatic hydroxyl groups excluding tert-OH is 1. The minimum Gasteiger partial charge on any atom is -0.407 e. The summed E-state index contributed by atoms with van der Waals surface area (Å²) in [5, 5.41) is 19.2. The lowest BCUT2D eigenvalue weighted by Crippen LogP contribution is -2.31. The molecular weight excluding hydrogens is 262 g/mol. The molecule has 0 aliphatic carbocycles. The third-order valence-corrected chi connectivity index (χ3v) is 2.21. The van der Waals surface area contributed by atoms with Crippen LogP contribution in [0, 0.1) is 0 Å². The molecule has 0 radical (unpaired) electrons. The summed E-state index contributed by atoms with van der Waals surface area (Å²) in [6.45, 7) is 0.686. The van der Waals surface area contributed by atoms with Gasteiger partial charge in [0.2, 0.25) is 5.89 Å². The van der Waals surface area contributed by atoms with E-state index in [1.54, 1.807) is 7.11 Å². The summed E-state index contributed by atoms with van der Waals surface area (Å²) in [4.78, 5) is 1.15. The molecule has 1 rings (SSSR count). The zero-order chi connectivity index (χ0) is 14.1. The van der Waals surface area contributed by atoms with E-state index in [2.05, 4.69) is 15.5 Å². The summed E-state index contributed by atoms with van der Waals surface area (Å²) in [5.41, 5.74) is 0. The fourth-order valence-corrected chi connectivity index (χ4v) is 1.37. The number of ether oxygens (including phenoxy) is 1. The van der Waals surface area contributed by atoms with Crippen molar-refractivity contribution in [2.24, 2.45) is 0 Å². The van der Waals surface area contributed by atoms with E-state index >= 15 is 0 Å². The fraction of sp³-hybridized carbons (Fsp3) is 0.800. The lowest BCUT2D eigenvalue weighted by atomic mass is 10.5. The molecule has 0 bridgehead atoms. The molecule has 0 aromatic carbocycles. The van der Waals surface area contributed by atoms with E-state index in [1.807, 2.05) is 0 Å². The molecular formula is C10H18F2N4O3. The smallest absolute Gasteiger partial charge is 0.318 e. The van der Waals surface area contributed by atoms with Crippen molar-refractivity contribution in [3.8, 4) is 0 Å². The highest BCUT2D eigenvalue weighted by Crippen LogP contribution is 2.13. The van der Waals surface area contributed by atoms with Gasteiger partial charge in [0, 0.05) is 20.2 Å². The van der Waals surface area contributed by atoms with Gasteiger partial charge in [0.25, 0.3) is 6.43 Å². The second-order valence-corrected chi connectivity index (χ2v) is 3.71. The van der Waals surface area contributed by atoms with Crippen molar-refractivity contribution in [3.05, 3.63) is 5.89 Å². The SMILES string of the molecule is COCCNCc1nnc(N(CCO)CC(F)F)o1. The molecule has 0 unspecified atom stereocenters. The summed E-state index contributed by atoms with van der Waals surface area (Å²) in [5.74, 6) is 0.295. The number of nitrogens with one attached hydrogen (secondary N) is 1. The van der Waals surface area contributed by atoms with Crippen LogP contribution < -0.4 is 10.2 Å². The molecule has 2 N–H and O–H groups in total. The van der Waals surface area contributed by atoms with Gasteiger partial charge in [-0.05, 0) is 0 Å². The van der Waals surface area contributed by atoms with E-state index in [4.69, 9.17) is 14.3 Å². The van der Waals surface area contributed by atoms with E-state index in [-0.39, 0.29) is 19.2 Å². The number of aromatic nitrogens is 2. The first-order chi connectivity index (χ1) is 9.17. The number of rotatable bonds is 10. The van der Waals surface area contributed by atoms with E-state index < -0.39 is 13.0 Å². The van der Waals surface area contributed by atoms with Crippen molar-refractivity contribution in [1.29, 1.82) is 0 Å². The zero-order valence-corrected chi connectivity index (χ0v) is 10.7. The minimum absolute atomic E-state index is 0.0158. The van der Waals surface area contributed by atoms with Gasteiger partial charge >= 0.3 is 6.01 Å². The number of methoxy groups -OCH3 is 1. The van der Waals surface area contributed by atoms with Crippen molar-refractivity contribution in [1.82, 2.24) is 15.5 Å². The summed E-state index contributed by atoms with van der Waals surface area (Å²) in [6.07, 6.45) is -2.54. The monoisotopic (exact) mass is 280 g/mol. The topological polar surface area (TPSA) is 83.7 Å². The molecule has 1 aromatic rings. The van der Waals surface area contributed by atoms with Crippen LogP contribution in [0.3, 0.4) is 0 Å². The van der Waals surface area contributed by atoms with Gasteiger partial charge in [0.05, 0.1) is 26.3 Å². The van der Waals surface area contributed by atoms with Crippen LogP contribution in [0.2, 0.25) is 0 Å². The van der Waals surface area contributed by atoms with Gasteiger partial charge in [-0.1, -0.05) is 5.10 Å². The Labute approximate surface area is 109 Å². The third-order valence-electron chi connectivity index (χ3n) is 2.21. The molecule has 0 amide bonds. The molecule has 19 heavy (non-hydrogen) atoms. The van der Waals surface area contributed by atoms with Crippen LogP contribution in [-0.4, -0.2) is 61.7 Å². The molecule has 0 fully saturated rings. The highest BCUT2D eigenvalue weighted by molar-refractivity contribution is 5.23. The number of aliphatic hydroxyl groups is 1. The Bertz CT molecular complexity index is 351. The van der Waals surface area contributed by atoms with Crippen LogP contribution in [0.15, 0.2) is 4.42 Å². The number of hydrogen-bond acceptors (Lipinski definition) is 7. The Kier molecular flexibility index (Phi) is 7.23. The molecule has 9 heteroatoms. The quantitative estimate of drug-likeness (QED) is 0.577. The van der Waals surface area contributed by atoms with Crippen LogP contribution in [-0.2, 0) is 11.3 Å². The first-order valence-electron chi connectivity index (χ1n) is 5.83. The Morgan fingerprint density at radius 3 is 2.89 bits per heavy atom. The number of halogens is 2. The highest BCUT2D eigenvalue weighted by atomic mass is 19.3. The minimum atomic E-state index is -2.54. The van der Waals surface area contributed by atoms with E-state index in [1.165, 1.54) is 0 Å². The maximum atomic E-state index is 12.3. The van der Waals surface area contributed by atoms with Gasteiger partial charge in [-0.15, -0.1) is 5.10 Å². The first kappa shape index (κ1) is 15.7. The average Bonchev–Trinajstić information content (AvgIpc) is 2.82. The molecule has 0 spiro atoms. The molecule has 7 nitrogen and oxygen atoms in total. The molecule has 0 aliphatic heterocycles. The summed E-state index contributed by atoms with van der Waals surface area (Å²) in [6, 6.07) is -0.0158. The van der Waals surface area contributed by atoms with E-state index in [9.17, 15) is 8.78 Å². The Balaban J connectivity index is 2.49. The second kappa shape index (κ2) is 8.73. The molecule has 110 valence electrons. The van der Waals surface area contributed by atoms with Crippen LogP contribution in [0.1, 0.15) is 5.89 Å². The number of alkyl halides is 2. The Morgan fingerprint density at radius 1 is 1.47 bits per heavy atom. The van der Waals surface area contributed by atoms with Gasteiger partial charge in [0.15, 0.2) is 0 Å². The third kappa shape index (κ3) is 5.90. The molecule has 0 saturated carbocycles. The number of hydrogen-bond donors (Lipinski definition) is 2. The Morgan fingerprint density at radius 2 is 2.26 bits per heavy atom. The molecule has 1 aromatic heterocycles. The van der Waals surface area contributed by atoms with Crippen molar-refractivity contribution < 1.29 is 23.0 Å². The largest absolute Gasteiger partial charge is 0.407 e. The summed E-state index contributed by atoms with van der Waals surface area (Å²) in [7, 11) is 1.59. The van der Waals surface area contributed by atoms with Crippen molar-refractivity contribution in [2.75, 3.05) is 44.9 Å². The molecule has 1 heterocycles. The van der Waals surface area contributed by atoms with Crippen LogP contribution in [0.5, 0.6) is 0 Å². The summed E-state index contributed by atoms with van der Waals surface area (Å²) >= 11 is 0. The van der Waals surface area contributed by atoms with Gasteiger partial charge in [-0.3, -0.25) is 0 Å². The fourth-order valence-electron chi connectivity index (χ4n) is 1.37. The molecule has 0 saturated heterocycles. The van der Waals surface area contributed by atoms with Crippen LogP contribution in [0.4, 0.5) is 14.8 Å². The normalized spacial score (nSPS) is 11.2. The number of anilines is 1. The average molecular weight is 280 g/mol. The maximum Gasteiger partial charge on any atom is 0.318 e. The highest BCUT2D eigenvalue weighted by Gasteiger charge is 2.18. The van der Waals surface area contributed by atoms with E-state index in [0.29, 0.717) is 25.6 Å². The van der Waals surface area contributed by atoms with Crippen LogP contribution in [0.25, 0.3) is 0 Å². The van der Waals surface area contributed by atoms with Gasteiger partial charge in [-0.2, -0.15) is 0 Å². The Hall–Kier alpha value is -1.32. The second-order valence-electron chi connectivity index (χ2n) is 3.71. The van der Waals surface area contributed by atoms with Crippen molar-refractivity contribution >= 4 is 6.01 Å². The lowest BCUT2D eigenvalue weighted by Gasteiger charge is -2.17. The van der Waals surface area contributed by atoms with Gasteiger partial charge in [-0.25, -0.2) is 8.78 Å². The van der Waals surface area contributed by atoms with Gasteiger partial charge < -0.3 is 24.5 Å². The molecule has 0 aliphatic rings. The van der Waals surface area contributed by atoms with Crippen LogP contribution >= 0.6 is 0 Å². The standard InChI is InChI=1S/C10H18F2N4O3/c1-18-5-2-13-6-9-14-15-10(19-9)16(3-4-17)7-8(11)12/h8,13,17H,2-7H2,1H3.